The second-order valence-electron chi connectivity index (χ2n) is 8.87. The number of carbonyl (C=O) groups excluding carboxylic acids is 1. The van der Waals surface area contributed by atoms with Crippen molar-refractivity contribution in [3.8, 4) is 0 Å². The molecular formula is C18H27NO3. The highest BCUT2D eigenvalue weighted by Gasteiger charge is 2.74. The van der Waals surface area contributed by atoms with Crippen LogP contribution >= 0.6 is 0 Å². The molecule has 1 spiro atoms. The van der Waals surface area contributed by atoms with E-state index in [1.54, 1.807) is 0 Å². The highest BCUT2D eigenvalue weighted by atomic mass is 16.6. The maximum Gasteiger partial charge on any atom is 0.308 e. The third-order valence-corrected chi connectivity index (χ3v) is 8.07. The van der Waals surface area contributed by atoms with Gasteiger partial charge in [0.25, 0.3) is 0 Å². The van der Waals surface area contributed by atoms with Crippen molar-refractivity contribution in [3.05, 3.63) is 0 Å². The van der Waals surface area contributed by atoms with Gasteiger partial charge in [0, 0.05) is 18.4 Å². The summed E-state index contributed by atoms with van der Waals surface area (Å²) in [6.07, 6.45) is 10.0. The minimum atomic E-state index is -0.410. The van der Waals surface area contributed by atoms with Crippen molar-refractivity contribution >= 4 is 5.97 Å². The van der Waals surface area contributed by atoms with Gasteiger partial charge in [-0.3, -0.25) is 4.79 Å². The molecule has 4 bridgehead atoms. The molecule has 0 amide bonds. The van der Waals surface area contributed by atoms with Gasteiger partial charge < -0.3 is 9.47 Å². The smallest absolute Gasteiger partial charge is 0.308 e. The van der Waals surface area contributed by atoms with Gasteiger partial charge >= 0.3 is 5.97 Å². The predicted molar refractivity (Wildman–Crippen MR) is 80.9 cm³/mol. The first kappa shape index (κ1) is 13.8. The molecule has 4 heterocycles. The molecule has 5 atom stereocenters. The lowest BCUT2D eigenvalue weighted by atomic mass is 9.47. The Hall–Kier alpha value is -0.610. The first-order valence-electron chi connectivity index (χ1n) is 9.11. The minimum Gasteiger partial charge on any atom is -0.443 e. The summed E-state index contributed by atoms with van der Waals surface area (Å²) in [6, 6.07) is 0. The fourth-order valence-corrected chi connectivity index (χ4v) is 6.69. The molecule has 4 saturated heterocycles. The summed E-state index contributed by atoms with van der Waals surface area (Å²) in [4.78, 5) is 15.0. The Labute approximate surface area is 132 Å². The SMILES string of the molecule is C[C@@]12CCC[C@]3(OC(=O)C1)N1C[C@@H]4CCC[C@]1(CC[C@@]23C)O4. The lowest BCUT2D eigenvalue weighted by Crippen LogP contribution is -2.77. The van der Waals surface area contributed by atoms with Crippen molar-refractivity contribution in [2.45, 2.75) is 89.2 Å². The summed E-state index contributed by atoms with van der Waals surface area (Å²) < 4.78 is 12.7. The van der Waals surface area contributed by atoms with Crippen molar-refractivity contribution in [3.63, 3.8) is 0 Å². The molecule has 1 saturated carbocycles. The van der Waals surface area contributed by atoms with Gasteiger partial charge in [-0.25, -0.2) is 4.90 Å². The lowest BCUT2D eigenvalue weighted by molar-refractivity contribution is -0.349. The van der Waals surface area contributed by atoms with Crippen LogP contribution in [0, 0.1) is 10.8 Å². The normalized spacial score (nSPS) is 57.0. The van der Waals surface area contributed by atoms with Crippen LogP contribution in [0.1, 0.15) is 71.6 Å². The van der Waals surface area contributed by atoms with Gasteiger partial charge in [0.1, 0.15) is 5.72 Å². The van der Waals surface area contributed by atoms with E-state index >= 15 is 0 Å². The summed E-state index contributed by atoms with van der Waals surface area (Å²) in [7, 11) is 0. The molecular weight excluding hydrogens is 278 g/mol. The van der Waals surface area contributed by atoms with E-state index in [1.807, 2.05) is 0 Å². The molecule has 0 radical (unpaired) electrons. The molecule has 22 heavy (non-hydrogen) atoms. The number of rotatable bonds is 0. The summed E-state index contributed by atoms with van der Waals surface area (Å²) >= 11 is 0. The Morgan fingerprint density at radius 1 is 1.09 bits per heavy atom. The molecule has 0 aromatic heterocycles. The van der Waals surface area contributed by atoms with E-state index in [4.69, 9.17) is 9.47 Å². The molecule has 122 valence electrons. The molecule has 4 nitrogen and oxygen atoms in total. The minimum absolute atomic E-state index is 0.0122. The number of fused-ring (bicyclic) bond motifs is 1. The quantitative estimate of drug-likeness (QED) is 0.644. The van der Waals surface area contributed by atoms with Crippen molar-refractivity contribution in [2.24, 2.45) is 10.8 Å². The van der Waals surface area contributed by atoms with Gasteiger partial charge in [-0.1, -0.05) is 13.8 Å². The molecule has 4 aliphatic heterocycles. The van der Waals surface area contributed by atoms with Crippen LogP contribution in [0.3, 0.4) is 0 Å². The van der Waals surface area contributed by atoms with Crippen LogP contribution in [0.4, 0.5) is 0 Å². The Morgan fingerprint density at radius 3 is 2.82 bits per heavy atom. The maximum atomic E-state index is 12.5. The van der Waals surface area contributed by atoms with Gasteiger partial charge in [-0.2, -0.15) is 0 Å². The van der Waals surface area contributed by atoms with Gasteiger partial charge in [-0.05, 0) is 50.4 Å². The van der Waals surface area contributed by atoms with Crippen LogP contribution in [0.15, 0.2) is 0 Å². The average molecular weight is 305 g/mol. The van der Waals surface area contributed by atoms with Gasteiger partial charge in [-0.15, -0.1) is 0 Å². The third kappa shape index (κ3) is 1.32. The molecule has 0 aromatic rings. The van der Waals surface area contributed by atoms with Gasteiger partial charge in [0.05, 0.1) is 12.5 Å². The molecule has 5 rings (SSSR count). The molecule has 0 aromatic carbocycles. The van der Waals surface area contributed by atoms with Crippen LogP contribution < -0.4 is 0 Å². The highest BCUT2D eigenvalue weighted by molar-refractivity contribution is 5.72. The number of hydrogen-bond donors (Lipinski definition) is 0. The molecule has 5 aliphatic rings. The first-order valence-corrected chi connectivity index (χ1v) is 9.11. The second-order valence-corrected chi connectivity index (χ2v) is 8.87. The number of carbonyl (C=O) groups is 1. The molecule has 0 unspecified atom stereocenters. The van der Waals surface area contributed by atoms with Crippen molar-refractivity contribution in [1.82, 2.24) is 4.90 Å². The number of esters is 1. The van der Waals surface area contributed by atoms with E-state index in [2.05, 4.69) is 18.7 Å². The highest BCUT2D eigenvalue weighted by Crippen LogP contribution is 2.69. The van der Waals surface area contributed by atoms with Crippen LogP contribution in [-0.2, 0) is 14.3 Å². The second kappa shape index (κ2) is 3.89. The Morgan fingerprint density at radius 2 is 1.95 bits per heavy atom. The van der Waals surface area contributed by atoms with Gasteiger partial charge in [0.2, 0.25) is 0 Å². The summed E-state index contributed by atoms with van der Waals surface area (Å²) in [5, 5.41) is 0. The van der Waals surface area contributed by atoms with E-state index in [0.717, 1.165) is 51.5 Å². The topological polar surface area (TPSA) is 38.8 Å². The number of nitrogens with zero attached hydrogens (tertiary/aromatic N) is 1. The summed E-state index contributed by atoms with van der Waals surface area (Å²) in [5.41, 5.74) is -0.401. The largest absolute Gasteiger partial charge is 0.443 e. The lowest BCUT2D eigenvalue weighted by Gasteiger charge is -2.70. The standard InChI is InChI=1S/C18H27NO3/c1-15-6-4-8-18(22-14(20)11-15)16(15,2)9-10-17-7-3-5-13(21-17)12-19(17)18/h13H,3-12H2,1-2H3/t13-,15+,16-,17+,18+/m0/s1. The van der Waals surface area contributed by atoms with Crippen LogP contribution in [0.25, 0.3) is 0 Å². The van der Waals surface area contributed by atoms with E-state index in [1.165, 1.54) is 6.42 Å². The van der Waals surface area contributed by atoms with Crippen LogP contribution in [-0.4, -0.2) is 35.0 Å². The van der Waals surface area contributed by atoms with Crippen LogP contribution in [0.5, 0.6) is 0 Å². The van der Waals surface area contributed by atoms with Crippen LogP contribution in [0.2, 0.25) is 0 Å². The van der Waals surface area contributed by atoms with Gasteiger partial charge in [0.15, 0.2) is 5.72 Å². The first-order chi connectivity index (χ1) is 10.4. The predicted octanol–water partition coefficient (Wildman–Crippen LogP) is 3.20. The average Bonchev–Trinajstić information content (AvgIpc) is 2.72. The Balaban J connectivity index is 1.68. The number of piperidine rings is 1. The number of hydrogen-bond acceptors (Lipinski definition) is 4. The fraction of sp³-hybridized carbons (Fsp3) is 0.944. The van der Waals surface area contributed by atoms with E-state index < -0.39 is 5.72 Å². The van der Waals surface area contributed by atoms with E-state index in [0.29, 0.717) is 12.5 Å². The molecule has 1 aliphatic carbocycles. The van der Waals surface area contributed by atoms with Crippen molar-refractivity contribution in [1.29, 1.82) is 0 Å². The van der Waals surface area contributed by atoms with Crippen molar-refractivity contribution < 1.29 is 14.3 Å². The number of ether oxygens (including phenoxy) is 2. The zero-order valence-corrected chi connectivity index (χ0v) is 13.8. The third-order valence-electron chi connectivity index (χ3n) is 8.07. The summed E-state index contributed by atoms with van der Waals surface area (Å²) in [5.74, 6) is 0.0122. The summed E-state index contributed by atoms with van der Waals surface area (Å²) in [6.45, 7) is 5.69. The fourth-order valence-electron chi connectivity index (χ4n) is 6.69. The Bertz CT molecular complexity index is 550. The zero-order chi connectivity index (χ0) is 15.2. The van der Waals surface area contributed by atoms with E-state index in [9.17, 15) is 4.79 Å². The molecule has 0 N–H and O–H groups in total. The Kier molecular flexibility index (Phi) is 2.44. The monoisotopic (exact) mass is 305 g/mol. The van der Waals surface area contributed by atoms with Crippen molar-refractivity contribution in [2.75, 3.05) is 6.54 Å². The molecule has 4 heteroatoms. The van der Waals surface area contributed by atoms with E-state index in [-0.39, 0.29) is 22.5 Å². The maximum absolute atomic E-state index is 12.5. The zero-order valence-electron chi connectivity index (χ0n) is 13.8. The molecule has 5 fully saturated rings.